The first-order valence-electron chi connectivity index (χ1n) is 9.75. The molecule has 0 radical (unpaired) electrons. The molecule has 27 heavy (non-hydrogen) atoms. The molecule has 3 rings (SSSR count). The van der Waals surface area contributed by atoms with E-state index < -0.39 is 20.6 Å². The molecule has 0 saturated carbocycles. The van der Waals surface area contributed by atoms with Crippen LogP contribution in [0.5, 0.6) is 0 Å². The summed E-state index contributed by atoms with van der Waals surface area (Å²) in [4.78, 5) is 6.74. The van der Waals surface area contributed by atoms with E-state index in [-0.39, 0.29) is 6.04 Å². The first kappa shape index (κ1) is 25.4. The maximum absolute atomic E-state index is 11.0. The molecule has 6 nitrogen and oxygen atoms in total. The standard InChI is InChI=1S/C6H13NO2S.C6H13NOS.C6H13NS/c1-6-5-10(8,9)4-3-7(6)2;1-6-5-9(8)4-3-7(6)2;1-6-5-8-4-3-7(6)2/h6H,3-5H2,1-2H3;6H,3-5H2,1-2H3;6H,3-5H2,1-2H3. The molecule has 0 bridgehead atoms. The number of nitrogens with zero attached hydrogens (tertiary/aromatic N) is 3. The molecular formula is C18H39N3O3S3. The first-order chi connectivity index (χ1) is 12.5. The summed E-state index contributed by atoms with van der Waals surface area (Å²) in [6.07, 6.45) is 0. The molecule has 0 aliphatic carbocycles. The van der Waals surface area contributed by atoms with Crippen LogP contribution in [0.1, 0.15) is 20.8 Å². The summed E-state index contributed by atoms with van der Waals surface area (Å²) in [7, 11) is 3.00. The molecule has 3 heterocycles. The summed E-state index contributed by atoms with van der Waals surface area (Å²) >= 11 is 2.07. The van der Waals surface area contributed by atoms with Crippen molar-refractivity contribution < 1.29 is 12.6 Å². The molecule has 0 spiro atoms. The third-order valence-electron chi connectivity index (χ3n) is 5.55. The summed E-state index contributed by atoms with van der Waals surface area (Å²) < 4.78 is 32.9. The summed E-state index contributed by atoms with van der Waals surface area (Å²) in [5.74, 6) is 5.01. The van der Waals surface area contributed by atoms with Crippen molar-refractivity contribution in [1.29, 1.82) is 0 Å². The van der Waals surface area contributed by atoms with Crippen LogP contribution in [0.2, 0.25) is 0 Å². The van der Waals surface area contributed by atoms with E-state index in [4.69, 9.17) is 0 Å². The van der Waals surface area contributed by atoms with Crippen LogP contribution in [0.15, 0.2) is 0 Å². The minimum atomic E-state index is -2.71. The van der Waals surface area contributed by atoms with Crippen LogP contribution >= 0.6 is 11.8 Å². The van der Waals surface area contributed by atoms with Crippen LogP contribution in [-0.4, -0.2) is 121 Å². The van der Waals surface area contributed by atoms with Gasteiger partial charge in [0.2, 0.25) is 0 Å². The van der Waals surface area contributed by atoms with Gasteiger partial charge in [0.15, 0.2) is 9.84 Å². The highest BCUT2D eigenvalue weighted by Crippen LogP contribution is 2.13. The van der Waals surface area contributed by atoms with E-state index in [0.717, 1.165) is 24.1 Å². The summed E-state index contributed by atoms with van der Waals surface area (Å²) in [6, 6.07) is 1.51. The van der Waals surface area contributed by atoms with Gasteiger partial charge in [0, 0.05) is 71.6 Å². The van der Waals surface area contributed by atoms with Crippen molar-refractivity contribution in [2.75, 3.05) is 75.3 Å². The second kappa shape index (κ2) is 12.1. The molecule has 4 unspecified atom stereocenters. The second-order valence-electron chi connectivity index (χ2n) is 7.99. The van der Waals surface area contributed by atoms with E-state index in [0.29, 0.717) is 24.1 Å². The zero-order valence-corrected chi connectivity index (χ0v) is 20.3. The van der Waals surface area contributed by atoms with E-state index in [1.54, 1.807) is 0 Å². The lowest BCUT2D eigenvalue weighted by Gasteiger charge is -2.28. The van der Waals surface area contributed by atoms with E-state index in [1.165, 1.54) is 18.1 Å². The summed E-state index contributed by atoms with van der Waals surface area (Å²) in [5, 5.41) is 0. The maximum Gasteiger partial charge on any atom is 0.153 e. The van der Waals surface area contributed by atoms with Crippen LogP contribution in [0, 0.1) is 0 Å². The van der Waals surface area contributed by atoms with E-state index in [9.17, 15) is 12.6 Å². The van der Waals surface area contributed by atoms with Crippen LogP contribution in [-0.2, 0) is 20.6 Å². The maximum atomic E-state index is 11.0. The van der Waals surface area contributed by atoms with Gasteiger partial charge >= 0.3 is 0 Å². The Morgan fingerprint density at radius 1 is 0.889 bits per heavy atom. The molecule has 3 fully saturated rings. The van der Waals surface area contributed by atoms with Gasteiger partial charge in [-0.15, -0.1) is 0 Å². The lowest BCUT2D eigenvalue weighted by Crippen LogP contribution is -2.44. The van der Waals surface area contributed by atoms with E-state index in [1.807, 2.05) is 14.0 Å². The van der Waals surface area contributed by atoms with Crippen molar-refractivity contribution in [3.05, 3.63) is 0 Å². The van der Waals surface area contributed by atoms with Crippen molar-refractivity contribution in [1.82, 2.24) is 14.7 Å². The zero-order valence-electron chi connectivity index (χ0n) is 17.9. The molecule has 3 saturated heterocycles. The van der Waals surface area contributed by atoms with Gasteiger partial charge < -0.3 is 14.7 Å². The van der Waals surface area contributed by atoms with Gasteiger partial charge in [-0.1, -0.05) is 0 Å². The first-order valence-corrected chi connectivity index (χ1v) is 14.2. The van der Waals surface area contributed by atoms with Crippen molar-refractivity contribution >= 4 is 32.4 Å². The smallest absolute Gasteiger partial charge is 0.153 e. The topological polar surface area (TPSA) is 60.9 Å². The minimum Gasteiger partial charge on any atom is -0.302 e. The van der Waals surface area contributed by atoms with Crippen LogP contribution in [0.25, 0.3) is 0 Å². The molecule has 9 heteroatoms. The Kier molecular flexibility index (Phi) is 11.4. The SMILES string of the molecule is CC1CS(=O)(=O)CCN1C.CC1CS(=O)CCN1C.CC1CSCCN1C. The Hall–Kier alpha value is 0.330. The Morgan fingerprint density at radius 3 is 1.89 bits per heavy atom. The summed E-state index contributed by atoms with van der Waals surface area (Å²) in [6.45, 7) is 9.29. The van der Waals surface area contributed by atoms with Crippen molar-refractivity contribution in [2.45, 2.75) is 38.9 Å². The van der Waals surface area contributed by atoms with Crippen LogP contribution in [0.4, 0.5) is 0 Å². The highest BCUT2D eigenvalue weighted by Gasteiger charge is 2.25. The lowest BCUT2D eigenvalue weighted by atomic mass is 10.3. The Balaban J connectivity index is 0.000000204. The van der Waals surface area contributed by atoms with E-state index in [2.05, 4.69) is 54.4 Å². The minimum absolute atomic E-state index is 0.193. The second-order valence-corrected chi connectivity index (χ2v) is 13.0. The fourth-order valence-electron chi connectivity index (χ4n) is 2.84. The monoisotopic (exact) mass is 441 g/mol. The fraction of sp³-hybridized carbons (Fsp3) is 1.00. The van der Waals surface area contributed by atoms with Gasteiger partial charge in [-0.25, -0.2) is 8.42 Å². The molecular weight excluding hydrogens is 402 g/mol. The van der Waals surface area contributed by atoms with Gasteiger partial charge in [-0.05, 0) is 41.9 Å². The molecule has 0 aromatic rings. The predicted octanol–water partition coefficient (Wildman–Crippen LogP) is 0.858. The molecule has 0 N–H and O–H groups in total. The molecule has 3 aliphatic rings. The van der Waals surface area contributed by atoms with Gasteiger partial charge in [0.1, 0.15) is 0 Å². The number of rotatable bonds is 0. The number of hydrogen-bond donors (Lipinski definition) is 0. The van der Waals surface area contributed by atoms with Crippen LogP contribution in [0.3, 0.4) is 0 Å². The third-order valence-corrected chi connectivity index (χ3v) is 10.0. The molecule has 3 aliphatic heterocycles. The molecule has 162 valence electrons. The van der Waals surface area contributed by atoms with Gasteiger partial charge in [0.25, 0.3) is 0 Å². The molecule has 0 amide bonds. The average Bonchev–Trinajstić information content (AvgIpc) is 2.59. The molecule has 0 aromatic heterocycles. The van der Waals surface area contributed by atoms with Gasteiger partial charge in [-0.3, -0.25) is 4.21 Å². The Bertz CT molecular complexity index is 549. The van der Waals surface area contributed by atoms with Gasteiger partial charge in [-0.2, -0.15) is 11.8 Å². The van der Waals surface area contributed by atoms with E-state index >= 15 is 0 Å². The van der Waals surface area contributed by atoms with Crippen molar-refractivity contribution in [3.8, 4) is 0 Å². The molecule has 0 aromatic carbocycles. The highest BCUT2D eigenvalue weighted by molar-refractivity contribution is 7.99. The Morgan fingerprint density at radius 2 is 1.48 bits per heavy atom. The predicted molar refractivity (Wildman–Crippen MR) is 120 cm³/mol. The molecule has 4 atom stereocenters. The zero-order chi connectivity index (χ0) is 20.6. The summed E-state index contributed by atoms with van der Waals surface area (Å²) in [5.41, 5.74) is 0. The normalized spacial score (nSPS) is 35.3. The quantitative estimate of drug-likeness (QED) is 0.552. The lowest BCUT2D eigenvalue weighted by molar-refractivity contribution is 0.279. The Labute approximate surface area is 173 Å². The van der Waals surface area contributed by atoms with Crippen molar-refractivity contribution in [3.63, 3.8) is 0 Å². The van der Waals surface area contributed by atoms with Gasteiger partial charge in [0.05, 0.1) is 11.5 Å². The number of sulfone groups is 1. The number of hydrogen-bond acceptors (Lipinski definition) is 7. The average molecular weight is 442 g/mol. The number of thioether (sulfide) groups is 1. The fourth-order valence-corrected chi connectivity index (χ4v) is 7.19. The van der Waals surface area contributed by atoms with Crippen molar-refractivity contribution in [2.24, 2.45) is 0 Å². The highest BCUT2D eigenvalue weighted by atomic mass is 32.2. The third kappa shape index (κ3) is 10.1. The largest absolute Gasteiger partial charge is 0.302 e. The van der Waals surface area contributed by atoms with Crippen LogP contribution < -0.4 is 0 Å².